The standard InChI is InChI=1S/C17H29BrOSi/c1-3-5-6-7-8-12-16-20(18,19-15-4-2)17-13-10-9-11-14-17/h9-11,13-14H,3-8,12,15-16H2,1-2H3. The van der Waals surface area contributed by atoms with Gasteiger partial charge in [-0.15, -0.1) is 0 Å². The van der Waals surface area contributed by atoms with Gasteiger partial charge in [0.25, 0.3) is 6.94 Å². The van der Waals surface area contributed by atoms with E-state index in [4.69, 9.17) is 4.43 Å². The fourth-order valence-corrected chi connectivity index (χ4v) is 7.03. The third kappa shape index (κ3) is 6.55. The van der Waals surface area contributed by atoms with Crippen LogP contribution in [0.25, 0.3) is 0 Å². The zero-order valence-electron chi connectivity index (χ0n) is 13.0. The van der Waals surface area contributed by atoms with Gasteiger partial charge in [0.1, 0.15) is 0 Å². The smallest absolute Gasteiger partial charge is 0.295 e. The molecule has 0 bridgehead atoms. The van der Waals surface area contributed by atoms with Gasteiger partial charge in [0, 0.05) is 6.61 Å². The highest BCUT2D eigenvalue weighted by molar-refractivity contribution is 9.26. The molecule has 1 nitrogen and oxygen atoms in total. The minimum atomic E-state index is -1.90. The first-order valence-electron chi connectivity index (χ1n) is 8.11. The molecule has 0 saturated heterocycles. The number of hydrogen-bond acceptors (Lipinski definition) is 1. The highest BCUT2D eigenvalue weighted by Crippen LogP contribution is 2.24. The zero-order valence-corrected chi connectivity index (χ0v) is 15.6. The van der Waals surface area contributed by atoms with E-state index in [1.165, 1.54) is 49.8 Å². The first-order chi connectivity index (χ1) is 9.73. The van der Waals surface area contributed by atoms with Crippen molar-refractivity contribution in [3.8, 4) is 0 Å². The molecule has 0 aliphatic rings. The third-order valence-corrected chi connectivity index (χ3v) is 9.70. The van der Waals surface area contributed by atoms with Crippen molar-refractivity contribution in [2.75, 3.05) is 6.61 Å². The average Bonchev–Trinajstić information content (AvgIpc) is 2.49. The number of benzene rings is 1. The van der Waals surface area contributed by atoms with E-state index in [9.17, 15) is 0 Å². The van der Waals surface area contributed by atoms with Crippen LogP contribution in [-0.2, 0) is 4.43 Å². The second kappa shape index (κ2) is 10.6. The summed E-state index contributed by atoms with van der Waals surface area (Å²) in [6.45, 7) is 3.41. The molecule has 0 saturated carbocycles. The van der Waals surface area contributed by atoms with Crippen LogP contribution in [-0.4, -0.2) is 13.5 Å². The Morgan fingerprint density at radius 1 is 0.900 bits per heavy atom. The second-order valence-electron chi connectivity index (χ2n) is 5.46. The highest BCUT2D eigenvalue weighted by atomic mass is 79.9. The second-order valence-corrected chi connectivity index (χ2v) is 12.1. The summed E-state index contributed by atoms with van der Waals surface area (Å²) >= 11 is 3.99. The summed E-state index contributed by atoms with van der Waals surface area (Å²) in [6, 6.07) is 11.9. The summed E-state index contributed by atoms with van der Waals surface area (Å²) in [5.41, 5.74) is 0. The van der Waals surface area contributed by atoms with E-state index in [1.54, 1.807) is 0 Å². The third-order valence-electron chi connectivity index (χ3n) is 3.59. The number of unbranched alkanes of at least 4 members (excludes halogenated alkanes) is 5. The van der Waals surface area contributed by atoms with Crippen molar-refractivity contribution in [1.82, 2.24) is 0 Å². The monoisotopic (exact) mass is 356 g/mol. The SMILES string of the molecule is CCCCCCCC[Si](Br)(OCCC)c1ccccc1. The lowest BCUT2D eigenvalue weighted by Gasteiger charge is -2.25. The van der Waals surface area contributed by atoms with Crippen molar-refractivity contribution < 1.29 is 4.43 Å². The minimum absolute atomic E-state index is 0.863. The van der Waals surface area contributed by atoms with Crippen molar-refractivity contribution in [3.05, 3.63) is 30.3 Å². The number of hydrogen-bond donors (Lipinski definition) is 0. The molecule has 1 aromatic carbocycles. The van der Waals surface area contributed by atoms with E-state index in [-0.39, 0.29) is 0 Å². The van der Waals surface area contributed by atoms with Crippen LogP contribution in [0.4, 0.5) is 0 Å². The van der Waals surface area contributed by atoms with Crippen molar-refractivity contribution in [2.45, 2.75) is 64.8 Å². The lowest BCUT2D eigenvalue weighted by molar-refractivity contribution is 0.320. The summed E-state index contributed by atoms with van der Waals surface area (Å²) in [5.74, 6) is 0. The molecule has 3 heteroatoms. The van der Waals surface area contributed by atoms with Gasteiger partial charge < -0.3 is 4.43 Å². The van der Waals surface area contributed by atoms with E-state index >= 15 is 0 Å². The maximum absolute atomic E-state index is 6.25. The first kappa shape index (κ1) is 17.9. The Balaban J connectivity index is 2.47. The van der Waals surface area contributed by atoms with Crippen molar-refractivity contribution in [2.24, 2.45) is 0 Å². The van der Waals surface area contributed by atoms with Gasteiger partial charge >= 0.3 is 0 Å². The summed E-state index contributed by atoms with van der Waals surface area (Å²) < 4.78 is 6.25. The quantitative estimate of drug-likeness (QED) is 0.288. The summed E-state index contributed by atoms with van der Waals surface area (Å²) in [5, 5.41) is 1.38. The Bertz CT molecular complexity index is 344. The first-order valence-corrected chi connectivity index (χ1v) is 12.5. The normalized spacial score (nSPS) is 14.2. The molecule has 0 radical (unpaired) electrons. The van der Waals surface area contributed by atoms with Gasteiger partial charge in [-0.25, -0.2) is 0 Å². The van der Waals surface area contributed by atoms with Crippen molar-refractivity contribution in [3.63, 3.8) is 0 Å². The lowest BCUT2D eigenvalue weighted by Crippen LogP contribution is -2.45. The van der Waals surface area contributed by atoms with E-state index in [0.717, 1.165) is 13.0 Å². The molecule has 114 valence electrons. The largest absolute Gasteiger partial charge is 0.403 e. The Morgan fingerprint density at radius 3 is 2.20 bits per heavy atom. The van der Waals surface area contributed by atoms with E-state index in [1.807, 2.05) is 0 Å². The molecule has 1 atom stereocenters. The van der Waals surface area contributed by atoms with Crippen LogP contribution in [0.15, 0.2) is 30.3 Å². The number of rotatable bonds is 11. The van der Waals surface area contributed by atoms with Gasteiger partial charge in [0.05, 0.1) is 0 Å². The molecule has 0 spiro atoms. The minimum Gasteiger partial charge on any atom is -0.403 e. The molecule has 0 amide bonds. The van der Waals surface area contributed by atoms with Gasteiger partial charge in [-0.05, 0) is 17.7 Å². The van der Waals surface area contributed by atoms with E-state index < -0.39 is 6.94 Å². The predicted molar refractivity (Wildman–Crippen MR) is 95.2 cm³/mol. The van der Waals surface area contributed by atoms with Crippen LogP contribution in [0.2, 0.25) is 6.04 Å². The van der Waals surface area contributed by atoms with Gasteiger partial charge in [-0.2, -0.15) is 0 Å². The van der Waals surface area contributed by atoms with Crippen molar-refractivity contribution in [1.29, 1.82) is 0 Å². The predicted octanol–water partition coefficient (Wildman–Crippen LogP) is 5.52. The van der Waals surface area contributed by atoms with Crippen LogP contribution in [0, 0.1) is 0 Å². The molecular weight excluding hydrogens is 328 g/mol. The Morgan fingerprint density at radius 2 is 1.55 bits per heavy atom. The van der Waals surface area contributed by atoms with Crippen LogP contribution in [0.1, 0.15) is 58.8 Å². The molecule has 0 aliphatic carbocycles. The van der Waals surface area contributed by atoms with Crippen LogP contribution >= 0.6 is 15.3 Å². The lowest BCUT2D eigenvalue weighted by atomic mass is 10.1. The summed E-state index contributed by atoms with van der Waals surface area (Å²) in [6.07, 6.45) is 9.15. The van der Waals surface area contributed by atoms with Crippen molar-refractivity contribution >= 4 is 27.4 Å². The molecule has 20 heavy (non-hydrogen) atoms. The molecule has 1 aromatic rings. The van der Waals surface area contributed by atoms with Crippen LogP contribution in [0.3, 0.4) is 0 Å². The van der Waals surface area contributed by atoms with Gasteiger partial charge in [-0.1, -0.05) is 98.0 Å². The Hall–Kier alpha value is -0.123. The topological polar surface area (TPSA) is 9.23 Å². The maximum Gasteiger partial charge on any atom is 0.295 e. The average molecular weight is 357 g/mol. The summed E-state index contributed by atoms with van der Waals surface area (Å²) in [7, 11) is 0. The van der Waals surface area contributed by atoms with Crippen LogP contribution in [0.5, 0.6) is 0 Å². The highest BCUT2D eigenvalue weighted by Gasteiger charge is 2.33. The van der Waals surface area contributed by atoms with Gasteiger partial charge in [-0.3, -0.25) is 0 Å². The molecule has 0 heterocycles. The Labute approximate surface area is 133 Å². The molecule has 0 aliphatic heterocycles. The van der Waals surface area contributed by atoms with Crippen LogP contribution < -0.4 is 5.19 Å². The molecule has 0 fully saturated rings. The van der Waals surface area contributed by atoms with Gasteiger partial charge in [0.2, 0.25) is 0 Å². The Kier molecular flexibility index (Phi) is 9.49. The fourth-order valence-electron chi connectivity index (χ4n) is 2.38. The zero-order chi connectivity index (χ0) is 14.7. The molecule has 0 aromatic heterocycles. The number of halogens is 1. The molecule has 1 rings (SSSR count). The molecule has 0 N–H and O–H groups in total. The maximum atomic E-state index is 6.25. The fraction of sp³-hybridized carbons (Fsp3) is 0.647. The van der Waals surface area contributed by atoms with E-state index in [2.05, 4.69) is 59.5 Å². The molecule has 1 unspecified atom stereocenters. The summed E-state index contributed by atoms with van der Waals surface area (Å²) in [4.78, 5) is 0. The van der Waals surface area contributed by atoms with E-state index in [0.29, 0.717) is 0 Å². The van der Waals surface area contributed by atoms with Gasteiger partial charge in [0.15, 0.2) is 0 Å². The molecular formula is C17H29BrOSi.